The van der Waals surface area contributed by atoms with Crippen LogP contribution in [0.25, 0.3) is 27.8 Å². The SMILES string of the molecule is O=C(Nc1ccc(-n2cnc3ccccc32)cc1)c1ccc2nc(C(F)F)[nH]c2c1. The van der Waals surface area contributed by atoms with Crippen molar-refractivity contribution in [1.82, 2.24) is 19.5 Å². The number of alkyl halides is 2. The van der Waals surface area contributed by atoms with Gasteiger partial charge in [-0.1, -0.05) is 12.1 Å². The van der Waals surface area contributed by atoms with Gasteiger partial charge in [-0.3, -0.25) is 9.36 Å². The van der Waals surface area contributed by atoms with Gasteiger partial charge in [-0.25, -0.2) is 18.7 Å². The average Bonchev–Trinajstić information content (AvgIpc) is 3.38. The number of rotatable bonds is 4. The summed E-state index contributed by atoms with van der Waals surface area (Å²) in [7, 11) is 0. The van der Waals surface area contributed by atoms with Crippen LogP contribution in [0.1, 0.15) is 22.6 Å². The Balaban J connectivity index is 1.36. The van der Waals surface area contributed by atoms with Gasteiger partial charge in [-0.05, 0) is 54.6 Å². The fourth-order valence-electron chi connectivity index (χ4n) is 3.35. The number of hydrogen-bond acceptors (Lipinski definition) is 3. The summed E-state index contributed by atoms with van der Waals surface area (Å²) in [6.45, 7) is 0. The standard InChI is InChI=1S/C22H15F2N5O/c23-20(24)21-27-16-10-5-13(11-18(16)28-21)22(30)26-14-6-8-15(9-7-14)29-12-25-17-3-1-2-4-19(17)29/h1-12,20H,(H,26,30)(H,27,28). The van der Waals surface area contributed by atoms with Gasteiger partial charge in [-0.2, -0.15) is 0 Å². The lowest BCUT2D eigenvalue weighted by Crippen LogP contribution is -2.11. The van der Waals surface area contributed by atoms with Gasteiger partial charge in [-0.15, -0.1) is 0 Å². The van der Waals surface area contributed by atoms with E-state index >= 15 is 0 Å². The highest BCUT2D eigenvalue weighted by atomic mass is 19.3. The molecule has 0 unspecified atom stereocenters. The highest BCUT2D eigenvalue weighted by Crippen LogP contribution is 2.22. The molecular formula is C22H15F2N5O. The number of imidazole rings is 2. The molecule has 5 rings (SSSR count). The zero-order valence-electron chi connectivity index (χ0n) is 15.5. The van der Waals surface area contributed by atoms with Gasteiger partial charge >= 0.3 is 0 Å². The fourth-order valence-corrected chi connectivity index (χ4v) is 3.35. The van der Waals surface area contributed by atoms with E-state index in [9.17, 15) is 13.6 Å². The summed E-state index contributed by atoms with van der Waals surface area (Å²) in [5.74, 6) is -0.754. The lowest BCUT2D eigenvalue weighted by molar-refractivity contribution is 0.102. The van der Waals surface area contributed by atoms with E-state index in [4.69, 9.17) is 0 Å². The van der Waals surface area contributed by atoms with Gasteiger partial charge in [0.1, 0.15) is 6.33 Å². The Hall–Kier alpha value is -4.07. The number of hydrogen-bond donors (Lipinski definition) is 2. The summed E-state index contributed by atoms with van der Waals surface area (Å²) in [5, 5.41) is 2.82. The number of nitrogens with one attached hydrogen (secondary N) is 2. The number of aromatic nitrogens is 4. The topological polar surface area (TPSA) is 75.6 Å². The molecule has 0 saturated heterocycles. The molecule has 3 aromatic carbocycles. The molecule has 0 saturated carbocycles. The van der Waals surface area contributed by atoms with Crippen LogP contribution in [0, 0.1) is 0 Å². The third-order valence-electron chi connectivity index (χ3n) is 4.83. The minimum Gasteiger partial charge on any atom is -0.337 e. The number of halogens is 2. The number of para-hydroxylation sites is 2. The molecule has 0 radical (unpaired) electrons. The van der Waals surface area contributed by atoms with Gasteiger partial charge in [0.2, 0.25) is 0 Å². The molecule has 0 spiro atoms. The van der Waals surface area contributed by atoms with E-state index in [1.807, 2.05) is 41.0 Å². The van der Waals surface area contributed by atoms with Crippen LogP contribution in [0.3, 0.4) is 0 Å². The van der Waals surface area contributed by atoms with Crippen LogP contribution >= 0.6 is 0 Å². The summed E-state index contributed by atoms with van der Waals surface area (Å²) in [4.78, 5) is 23.3. The van der Waals surface area contributed by atoms with Crippen molar-refractivity contribution in [1.29, 1.82) is 0 Å². The molecule has 2 heterocycles. The van der Waals surface area contributed by atoms with Crippen molar-refractivity contribution in [2.45, 2.75) is 6.43 Å². The molecule has 1 amide bonds. The summed E-state index contributed by atoms with van der Waals surface area (Å²) in [6, 6.07) is 19.8. The van der Waals surface area contributed by atoms with Gasteiger partial charge in [0, 0.05) is 16.9 Å². The van der Waals surface area contributed by atoms with E-state index in [0.717, 1.165) is 16.7 Å². The molecule has 2 aromatic heterocycles. The van der Waals surface area contributed by atoms with Crippen molar-refractivity contribution >= 4 is 33.7 Å². The van der Waals surface area contributed by atoms with Crippen molar-refractivity contribution in [3.05, 3.63) is 84.4 Å². The van der Waals surface area contributed by atoms with Crippen LogP contribution in [0.15, 0.2) is 73.1 Å². The molecule has 0 fully saturated rings. The van der Waals surface area contributed by atoms with Crippen LogP contribution < -0.4 is 5.32 Å². The molecular weight excluding hydrogens is 388 g/mol. The Kier molecular flexibility index (Phi) is 4.24. The number of carbonyl (C=O) groups is 1. The van der Waals surface area contributed by atoms with Crippen LogP contribution in [0.5, 0.6) is 0 Å². The van der Waals surface area contributed by atoms with Gasteiger partial charge in [0.15, 0.2) is 5.82 Å². The number of fused-ring (bicyclic) bond motifs is 2. The molecule has 0 aliphatic rings. The molecule has 5 aromatic rings. The fraction of sp³-hybridized carbons (Fsp3) is 0.0455. The first kappa shape index (κ1) is 18.0. The van der Waals surface area contributed by atoms with Crippen LogP contribution in [-0.2, 0) is 0 Å². The maximum atomic E-state index is 12.8. The largest absolute Gasteiger partial charge is 0.337 e. The number of amides is 1. The second-order valence-corrected chi connectivity index (χ2v) is 6.76. The molecule has 6 nitrogen and oxygen atoms in total. The molecule has 0 aliphatic heterocycles. The Labute approximate surface area is 169 Å². The van der Waals surface area contributed by atoms with Gasteiger partial charge < -0.3 is 10.3 Å². The van der Waals surface area contributed by atoms with Gasteiger partial charge in [0.05, 0.1) is 22.1 Å². The van der Waals surface area contributed by atoms with Gasteiger partial charge in [0.25, 0.3) is 12.3 Å². The molecule has 0 atom stereocenters. The Morgan fingerprint density at radius 1 is 1.00 bits per heavy atom. The smallest absolute Gasteiger partial charge is 0.295 e. The van der Waals surface area contributed by atoms with E-state index in [0.29, 0.717) is 22.3 Å². The van der Waals surface area contributed by atoms with Crippen LogP contribution in [-0.4, -0.2) is 25.4 Å². The predicted molar refractivity (Wildman–Crippen MR) is 110 cm³/mol. The first-order valence-corrected chi connectivity index (χ1v) is 9.20. The van der Waals surface area contributed by atoms with Crippen molar-refractivity contribution in [2.75, 3.05) is 5.32 Å². The van der Waals surface area contributed by atoms with Crippen molar-refractivity contribution < 1.29 is 13.6 Å². The van der Waals surface area contributed by atoms with Crippen molar-refractivity contribution in [2.24, 2.45) is 0 Å². The number of H-pyrrole nitrogens is 1. The minimum atomic E-state index is -2.69. The van der Waals surface area contributed by atoms with E-state index in [-0.39, 0.29) is 5.91 Å². The van der Waals surface area contributed by atoms with E-state index in [1.54, 1.807) is 30.6 Å². The number of nitrogens with zero attached hydrogens (tertiary/aromatic N) is 3. The normalized spacial score (nSPS) is 11.4. The minimum absolute atomic E-state index is 0.342. The quantitative estimate of drug-likeness (QED) is 0.439. The predicted octanol–water partition coefficient (Wildman–Crippen LogP) is 5.09. The molecule has 0 bridgehead atoms. The number of carbonyl (C=O) groups excluding carboxylic acids is 1. The lowest BCUT2D eigenvalue weighted by atomic mass is 10.2. The van der Waals surface area contributed by atoms with Crippen molar-refractivity contribution in [3.63, 3.8) is 0 Å². The highest BCUT2D eigenvalue weighted by molar-refractivity contribution is 6.06. The summed E-state index contributed by atoms with van der Waals surface area (Å²) >= 11 is 0. The van der Waals surface area contributed by atoms with E-state index < -0.39 is 12.2 Å². The first-order chi connectivity index (χ1) is 14.6. The molecule has 0 aliphatic carbocycles. The first-order valence-electron chi connectivity index (χ1n) is 9.20. The molecule has 2 N–H and O–H groups in total. The maximum Gasteiger partial charge on any atom is 0.295 e. The van der Waals surface area contributed by atoms with Crippen LogP contribution in [0.2, 0.25) is 0 Å². The average molecular weight is 403 g/mol. The number of aromatic amines is 1. The third-order valence-corrected chi connectivity index (χ3v) is 4.83. The zero-order chi connectivity index (χ0) is 20.7. The summed E-state index contributed by atoms with van der Waals surface area (Å²) in [6.07, 6.45) is -0.938. The van der Waals surface area contributed by atoms with E-state index in [2.05, 4.69) is 20.3 Å². The van der Waals surface area contributed by atoms with E-state index in [1.165, 1.54) is 6.07 Å². The monoisotopic (exact) mass is 403 g/mol. The Bertz CT molecular complexity index is 1370. The molecule has 148 valence electrons. The Morgan fingerprint density at radius 3 is 2.60 bits per heavy atom. The van der Waals surface area contributed by atoms with Crippen LogP contribution in [0.4, 0.5) is 14.5 Å². The molecule has 30 heavy (non-hydrogen) atoms. The zero-order valence-corrected chi connectivity index (χ0v) is 15.5. The Morgan fingerprint density at radius 2 is 1.80 bits per heavy atom. The molecule has 8 heteroatoms. The number of anilines is 1. The third kappa shape index (κ3) is 3.18. The second kappa shape index (κ2) is 7.07. The lowest BCUT2D eigenvalue weighted by Gasteiger charge is -2.08. The summed E-state index contributed by atoms with van der Waals surface area (Å²) < 4.78 is 27.6. The highest BCUT2D eigenvalue weighted by Gasteiger charge is 2.14. The van der Waals surface area contributed by atoms with Crippen molar-refractivity contribution in [3.8, 4) is 5.69 Å². The summed E-state index contributed by atoms with van der Waals surface area (Å²) in [5.41, 5.74) is 4.55. The second-order valence-electron chi connectivity index (χ2n) is 6.76. The number of benzene rings is 3. The maximum absolute atomic E-state index is 12.8.